The molecule has 0 aliphatic rings. The predicted octanol–water partition coefficient (Wildman–Crippen LogP) is 3.14. The summed E-state index contributed by atoms with van der Waals surface area (Å²) in [5.74, 6) is -0.456. The Balaban J connectivity index is 2.71. The molecule has 0 aliphatic heterocycles. The smallest absolute Gasteiger partial charge is 0.401 e. The summed E-state index contributed by atoms with van der Waals surface area (Å²) < 4.78 is 55.7. The van der Waals surface area contributed by atoms with Gasteiger partial charge in [0.15, 0.2) is 0 Å². The fourth-order valence-electron chi connectivity index (χ4n) is 2.07. The highest BCUT2D eigenvalue weighted by atomic mass is 19.4. The molecule has 0 saturated carbocycles. The van der Waals surface area contributed by atoms with E-state index in [-0.39, 0.29) is 30.8 Å². The van der Waals surface area contributed by atoms with Crippen molar-refractivity contribution in [2.75, 3.05) is 26.7 Å². The summed E-state index contributed by atoms with van der Waals surface area (Å²) in [5, 5.41) is 10.0. The molecule has 0 spiro atoms. The zero-order chi connectivity index (χ0) is 16.0. The molecular weight excluding hydrogens is 290 g/mol. The van der Waals surface area contributed by atoms with Gasteiger partial charge in [0.2, 0.25) is 0 Å². The van der Waals surface area contributed by atoms with Crippen LogP contribution < -0.4 is 4.74 Å². The Hall–Kier alpha value is -1.34. The maximum atomic E-state index is 13.7. The van der Waals surface area contributed by atoms with Crippen LogP contribution in [0, 0.1) is 5.82 Å². The average molecular weight is 309 g/mol. The Morgan fingerprint density at radius 2 is 2.00 bits per heavy atom. The first-order valence-corrected chi connectivity index (χ1v) is 6.58. The third-order valence-corrected chi connectivity index (χ3v) is 3.13. The van der Waals surface area contributed by atoms with E-state index in [1.165, 1.54) is 25.3 Å². The van der Waals surface area contributed by atoms with Gasteiger partial charge in [-0.3, -0.25) is 4.90 Å². The van der Waals surface area contributed by atoms with Crippen LogP contribution in [0.3, 0.4) is 0 Å². The third kappa shape index (κ3) is 5.51. The Bertz CT molecular complexity index is 451. The maximum Gasteiger partial charge on any atom is 0.401 e. The van der Waals surface area contributed by atoms with Crippen LogP contribution in [-0.4, -0.2) is 42.9 Å². The Morgan fingerprint density at radius 1 is 1.33 bits per heavy atom. The molecule has 21 heavy (non-hydrogen) atoms. The minimum atomic E-state index is -4.29. The molecule has 0 saturated heterocycles. The zero-order valence-electron chi connectivity index (χ0n) is 12.0. The van der Waals surface area contributed by atoms with Gasteiger partial charge in [-0.2, -0.15) is 13.2 Å². The van der Waals surface area contributed by atoms with Crippen molar-refractivity contribution in [3.63, 3.8) is 0 Å². The van der Waals surface area contributed by atoms with Gasteiger partial charge in [0.1, 0.15) is 11.6 Å². The van der Waals surface area contributed by atoms with Crippen molar-refractivity contribution >= 4 is 0 Å². The van der Waals surface area contributed by atoms with Crippen molar-refractivity contribution in [1.82, 2.24) is 4.90 Å². The van der Waals surface area contributed by atoms with Gasteiger partial charge in [0.25, 0.3) is 0 Å². The van der Waals surface area contributed by atoms with Gasteiger partial charge in [0, 0.05) is 6.54 Å². The van der Waals surface area contributed by atoms with Crippen molar-refractivity contribution in [1.29, 1.82) is 0 Å². The van der Waals surface area contributed by atoms with Crippen molar-refractivity contribution in [3.8, 4) is 5.75 Å². The van der Waals surface area contributed by atoms with Crippen LogP contribution in [0.15, 0.2) is 18.2 Å². The van der Waals surface area contributed by atoms with Crippen molar-refractivity contribution < 1.29 is 27.4 Å². The predicted molar refractivity (Wildman–Crippen MR) is 70.7 cm³/mol. The van der Waals surface area contributed by atoms with Gasteiger partial charge in [0.05, 0.1) is 25.3 Å². The van der Waals surface area contributed by atoms with Crippen LogP contribution in [0.25, 0.3) is 0 Å². The van der Waals surface area contributed by atoms with Crippen molar-refractivity contribution in [2.45, 2.75) is 25.6 Å². The van der Waals surface area contributed by atoms with Crippen molar-refractivity contribution in [2.24, 2.45) is 0 Å². The molecule has 3 nitrogen and oxygen atoms in total. The summed E-state index contributed by atoms with van der Waals surface area (Å²) in [6, 6.07) is 4.11. The van der Waals surface area contributed by atoms with Crippen LogP contribution in [0.1, 0.15) is 25.0 Å². The number of benzene rings is 1. The quantitative estimate of drug-likeness (QED) is 0.786. The van der Waals surface area contributed by atoms with Crippen LogP contribution in [0.5, 0.6) is 5.75 Å². The highest BCUT2D eigenvalue weighted by molar-refractivity contribution is 5.36. The molecule has 0 radical (unpaired) electrons. The number of aliphatic hydroxyl groups excluding tert-OH is 1. The molecule has 1 unspecified atom stereocenters. The number of ether oxygens (including phenoxy) is 1. The number of hydrogen-bond donors (Lipinski definition) is 1. The van der Waals surface area contributed by atoms with Gasteiger partial charge < -0.3 is 9.84 Å². The Labute approximate surface area is 121 Å². The molecule has 1 N–H and O–H groups in total. The Morgan fingerprint density at radius 3 is 2.52 bits per heavy atom. The van der Waals surface area contributed by atoms with Gasteiger partial charge in [-0.1, -0.05) is 13.0 Å². The lowest BCUT2D eigenvalue weighted by Gasteiger charge is -2.23. The van der Waals surface area contributed by atoms with E-state index in [4.69, 9.17) is 4.74 Å². The first kappa shape index (κ1) is 17.7. The minimum Gasteiger partial charge on any atom is -0.496 e. The summed E-state index contributed by atoms with van der Waals surface area (Å²) in [6.45, 7) is 0.752. The standard InChI is InChI=1S/C14H19F4NO2/c1-3-19(9-14(16,17)18)8-7-11(20)13-10(15)5-4-6-12(13)21-2/h4-6,11,20H,3,7-9H2,1-2H3. The number of halogens is 4. The molecule has 0 bridgehead atoms. The molecule has 0 aromatic heterocycles. The van der Waals surface area contributed by atoms with E-state index in [2.05, 4.69) is 0 Å². The van der Waals surface area contributed by atoms with E-state index in [1.54, 1.807) is 6.92 Å². The SMILES string of the molecule is CCN(CCC(O)c1c(F)cccc1OC)CC(F)(F)F. The van der Waals surface area contributed by atoms with E-state index < -0.39 is 24.6 Å². The number of rotatable bonds is 7. The van der Waals surface area contributed by atoms with Crippen molar-refractivity contribution in [3.05, 3.63) is 29.6 Å². The number of hydrogen-bond acceptors (Lipinski definition) is 3. The van der Waals surface area contributed by atoms with Crippen LogP contribution in [0.4, 0.5) is 17.6 Å². The van der Waals surface area contributed by atoms with E-state index in [0.29, 0.717) is 0 Å². The van der Waals surface area contributed by atoms with E-state index in [0.717, 1.165) is 4.90 Å². The van der Waals surface area contributed by atoms with E-state index in [1.807, 2.05) is 0 Å². The topological polar surface area (TPSA) is 32.7 Å². The van der Waals surface area contributed by atoms with Gasteiger partial charge >= 0.3 is 6.18 Å². The molecule has 1 rings (SSSR count). The third-order valence-electron chi connectivity index (χ3n) is 3.13. The summed E-state index contributed by atoms with van der Waals surface area (Å²) >= 11 is 0. The average Bonchev–Trinajstić information content (AvgIpc) is 2.41. The molecule has 120 valence electrons. The maximum absolute atomic E-state index is 13.7. The molecule has 1 aromatic rings. The number of aliphatic hydroxyl groups is 1. The van der Waals surface area contributed by atoms with Gasteiger partial charge in [-0.25, -0.2) is 4.39 Å². The van der Waals surface area contributed by atoms with Crippen LogP contribution >= 0.6 is 0 Å². The van der Waals surface area contributed by atoms with Gasteiger partial charge in [-0.15, -0.1) is 0 Å². The molecule has 0 fully saturated rings. The molecule has 0 aliphatic carbocycles. The second-order valence-electron chi connectivity index (χ2n) is 4.64. The van der Waals surface area contributed by atoms with E-state index in [9.17, 15) is 22.7 Å². The molecule has 7 heteroatoms. The number of methoxy groups -OCH3 is 1. The Kier molecular flexibility index (Phi) is 6.42. The summed E-state index contributed by atoms with van der Waals surface area (Å²) in [7, 11) is 1.34. The molecule has 0 amide bonds. The second kappa shape index (κ2) is 7.61. The lowest BCUT2D eigenvalue weighted by Crippen LogP contribution is -2.35. The second-order valence-corrected chi connectivity index (χ2v) is 4.64. The monoisotopic (exact) mass is 309 g/mol. The lowest BCUT2D eigenvalue weighted by molar-refractivity contribution is -0.146. The van der Waals surface area contributed by atoms with Gasteiger partial charge in [-0.05, 0) is 25.1 Å². The highest BCUT2D eigenvalue weighted by Gasteiger charge is 2.30. The first-order chi connectivity index (χ1) is 9.78. The normalized spacial score (nSPS) is 13.5. The number of alkyl halides is 3. The highest BCUT2D eigenvalue weighted by Crippen LogP contribution is 2.30. The zero-order valence-corrected chi connectivity index (χ0v) is 12.0. The largest absolute Gasteiger partial charge is 0.496 e. The molecule has 1 atom stereocenters. The van der Waals surface area contributed by atoms with Crippen LogP contribution in [0.2, 0.25) is 0 Å². The fourth-order valence-corrected chi connectivity index (χ4v) is 2.07. The van der Waals surface area contributed by atoms with Crippen LogP contribution in [-0.2, 0) is 0 Å². The summed E-state index contributed by atoms with van der Waals surface area (Å²) in [5.41, 5.74) is -0.0249. The van der Waals surface area contributed by atoms with E-state index >= 15 is 0 Å². The fraction of sp³-hybridized carbons (Fsp3) is 0.571. The first-order valence-electron chi connectivity index (χ1n) is 6.58. The number of nitrogens with zero attached hydrogens (tertiary/aromatic N) is 1. The molecule has 1 aromatic carbocycles. The summed E-state index contributed by atoms with van der Waals surface area (Å²) in [6.07, 6.45) is -5.53. The minimum absolute atomic E-state index is 0.00860. The molecule has 0 heterocycles. The summed E-state index contributed by atoms with van der Waals surface area (Å²) in [4.78, 5) is 1.15. The molecular formula is C14H19F4NO2. The lowest BCUT2D eigenvalue weighted by atomic mass is 10.0.